The molecule has 0 spiro atoms. The van der Waals surface area contributed by atoms with E-state index in [2.05, 4.69) is 26.8 Å². The number of carbonyl (C=O) groups is 1. The van der Waals surface area contributed by atoms with Crippen molar-refractivity contribution in [1.82, 2.24) is 0 Å². The molecule has 4 heteroatoms. The molecule has 3 fully saturated rings. The van der Waals surface area contributed by atoms with Crippen molar-refractivity contribution in [3.63, 3.8) is 0 Å². The molecule has 0 aromatic heterocycles. The first-order chi connectivity index (χ1) is 14.3. The van der Waals surface area contributed by atoms with Crippen LogP contribution in [0.15, 0.2) is 23.0 Å². The van der Waals surface area contributed by atoms with Crippen LogP contribution >= 0.6 is 0 Å². The molecule has 0 unspecified atom stereocenters. The second-order valence-corrected chi connectivity index (χ2v) is 10.7. The number of allylic oxidation sites excluding steroid dienone is 2. The van der Waals surface area contributed by atoms with Crippen LogP contribution in [0.25, 0.3) is 0 Å². The summed E-state index contributed by atoms with van der Waals surface area (Å²) in [5.41, 5.74) is 2.13. The Morgan fingerprint density at radius 1 is 1.27 bits per heavy atom. The van der Waals surface area contributed by atoms with Crippen molar-refractivity contribution in [3.8, 4) is 0 Å². The maximum Gasteiger partial charge on any atom is 0.367 e. The van der Waals surface area contributed by atoms with Crippen molar-refractivity contribution >= 4 is 5.97 Å². The van der Waals surface area contributed by atoms with Gasteiger partial charge in [0.15, 0.2) is 0 Å². The van der Waals surface area contributed by atoms with E-state index in [4.69, 9.17) is 4.74 Å². The number of rotatable bonds is 4. The fraction of sp³-hybridized carbons (Fsp3) is 0.808. The highest BCUT2D eigenvalue weighted by Crippen LogP contribution is 2.67. The zero-order chi connectivity index (χ0) is 21.7. The van der Waals surface area contributed by atoms with Crippen molar-refractivity contribution in [2.24, 2.45) is 34.5 Å². The molecule has 30 heavy (non-hydrogen) atoms. The SMILES string of the molecule is CCC[C@H]1C[C@H](O)CC2=CC[C@@H]3[C@H](CC[C@]4(C)C(=C(F)C(=O)OCC)CC[C@@H]34)[C@]21C. The Morgan fingerprint density at radius 2 is 2.03 bits per heavy atom. The lowest BCUT2D eigenvalue weighted by molar-refractivity contribution is -0.140. The van der Waals surface area contributed by atoms with Gasteiger partial charge in [0.25, 0.3) is 0 Å². The fourth-order valence-electron chi connectivity index (χ4n) is 8.13. The minimum absolute atomic E-state index is 0.158. The summed E-state index contributed by atoms with van der Waals surface area (Å²) in [7, 11) is 0. The lowest BCUT2D eigenvalue weighted by Crippen LogP contribution is -2.53. The average molecular weight is 419 g/mol. The molecule has 0 aliphatic heterocycles. The second-order valence-electron chi connectivity index (χ2n) is 10.7. The summed E-state index contributed by atoms with van der Waals surface area (Å²) in [4.78, 5) is 12.1. The number of aliphatic hydroxyl groups excluding tert-OH is 1. The van der Waals surface area contributed by atoms with Crippen molar-refractivity contribution in [1.29, 1.82) is 0 Å². The number of fused-ring (bicyclic) bond motifs is 5. The molecule has 3 nitrogen and oxygen atoms in total. The number of halogens is 1. The van der Waals surface area contributed by atoms with Crippen LogP contribution in [0.2, 0.25) is 0 Å². The third-order valence-electron chi connectivity index (χ3n) is 9.54. The number of hydrogen-bond acceptors (Lipinski definition) is 3. The summed E-state index contributed by atoms with van der Waals surface area (Å²) in [6.45, 7) is 8.85. The third-order valence-corrected chi connectivity index (χ3v) is 9.54. The van der Waals surface area contributed by atoms with Crippen LogP contribution in [0.1, 0.15) is 85.5 Å². The predicted molar refractivity (Wildman–Crippen MR) is 116 cm³/mol. The van der Waals surface area contributed by atoms with Gasteiger partial charge in [-0.25, -0.2) is 4.79 Å². The van der Waals surface area contributed by atoms with E-state index in [1.807, 2.05) is 0 Å². The number of ether oxygens (including phenoxy) is 1. The van der Waals surface area contributed by atoms with Crippen molar-refractivity contribution in [3.05, 3.63) is 23.0 Å². The minimum atomic E-state index is -0.779. The molecular weight excluding hydrogens is 379 g/mol. The van der Waals surface area contributed by atoms with Gasteiger partial charge in [-0.15, -0.1) is 0 Å². The van der Waals surface area contributed by atoms with Gasteiger partial charge in [0.2, 0.25) is 5.83 Å². The van der Waals surface area contributed by atoms with Gasteiger partial charge < -0.3 is 9.84 Å². The minimum Gasteiger partial charge on any atom is -0.461 e. The van der Waals surface area contributed by atoms with Gasteiger partial charge in [0.05, 0.1) is 12.7 Å². The van der Waals surface area contributed by atoms with Crippen LogP contribution in [0.3, 0.4) is 0 Å². The highest BCUT2D eigenvalue weighted by atomic mass is 19.1. The molecule has 0 bridgehead atoms. The zero-order valence-electron chi connectivity index (χ0n) is 19.2. The van der Waals surface area contributed by atoms with E-state index in [1.165, 1.54) is 12.0 Å². The molecule has 0 heterocycles. The summed E-state index contributed by atoms with van der Waals surface area (Å²) in [5.74, 6) is 0.698. The van der Waals surface area contributed by atoms with E-state index in [9.17, 15) is 9.90 Å². The Bertz CT molecular complexity index is 755. The maximum atomic E-state index is 15.0. The van der Waals surface area contributed by atoms with Gasteiger partial charge >= 0.3 is 5.97 Å². The summed E-state index contributed by atoms with van der Waals surface area (Å²) in [6, 6.07) is 0. The van der Waals surface area contributed by atoms with Crippen molar-refractivity contribution in [2.45, 2.75) is 91.6 Å². The number of aliphatic hydroxyl groups is 1. The molecule has 0 aromatic carbocycles. The fourth-order valence-corrected chi connectivity index (χ4v) is 8.13. The highest BCUT2D eigenvalue weighted by molar-refractivity contribution is 5.87. The molecule has 4 rings (SSSR count). The van der Waals surface area contributed by atoms with E-state index >= 15 is 4.39 Å². The van der Waals surface area contributed by atoms with E-state index in [1.54, 1.807) is 6.92 Å². The zero-order valence-corrected chi connectivity index (χ0v) is 19.2. The molecular formula is C26H39FO3. The first kappa shape index (κ1) is 22.0. The van der Waals surface area contributed by atoms with Crippen LogP contribution in [0, 0.1) is 34.5 Å². The quantitative estimate of drug-likeness (QED) is 0.340. The normalized spacial score (nSPS) is 44.5. The van der Waals surface area contributed by atoms with Crippen LogP contribution in [0.5, 0.6) is 0 Å². The molecule has 4 aliphatic rings. The molecule has 0 saturated heterocycles. The Balaban J connectivity index is 1.67. The van der Waals surface area contributed by atoms with Crippen LogP contribution < -0.4 is 0 Å². The van der Waals surface area contributed by atoms with E-state index < -0.39 is 11.8 Å². The number of esters is 1. The van der Waals surface area contributed by atoms with Crippen LogP contribution in [0.4, 0.5) is 4.39 Å². The first-order valence-corrected chi connectivity index (χ1v) is 12.2. The standard InChI is InChI=1S/C26H39FO3/c1-5-7-16-14-18(28)15-17-8-9-19-20-10-11-22(23(27)24(29)30-6-2)25(20,3)13-12-21(19)26(16,17)4/h8,16,18-21,28H,5-7,9-15H2,1-4H3/t16-,18-,19-,20-,21-,25-,26-/m0/s1. The molecule has 0 radical (unpaired) electrons. The van der Waals surface area contributed by atoms with Gasteiger partial charge in [-0.1, -0.05) is 38.8 Å². The third kappa shape index (κ3) is 3.20. The predicted octanol–water partition coefficient (Wildman–Crippen LogP) is 6.12. The van der Waals surface area contributed by atoms with Gasteiger partial charge in [-0.2, -0.15) is 4.39 Å². The number of hydrogen-bond donors (Lipinski definition) is 1. The van der Waals surface area contributed by atoms with Gasteiger partial charge in [0, 0.05) is 0 Å². The lowest BCUT2D eigenvalue weighted by Gasteiger charge is -2.60. The molecule has 3 saturated carbocycles. The molecule has 7 atom stereocenters. The summed E-state index contributed by atoms with van der Waals surface area (Å²) >= 11 is 0. The van der Waals surface area contributed by atoms with Gasteiger partial charge in [0.1, 0.15) is 0 Å². The van der Waals surface area contributed by atoms with Gasteiger partial charge in [-0.3, -0.25) is 0 Å². The Labute approximate surface area is 181 Å². The van der Waals surface area contributed by atoms with Crippen LogP contribution in [-0.2, 0) is 9.53 Å². The monoisotopic (exact) mass is 418 g/mol. The Kier molecular flexibility index (Phi) is 5.93. The van der Waals surface area contributed by atoms with Crippen molar-refractivity contribution in [2.75, 3.05) is 6.61 Å². The molecule has 0 aromatic rings. The molecule has 4 aliphatic carbocycles. The smallest absolute Gasteiger partial charge is 0.367 e. The second kappa shape index (κ2) is 8.07. The largest absolute Gasteiger partial charge is 0.461 e. The van der Waals surface area contributed by atoms with E-state index in [0.717, 1.165) is 44.9 Å². The van der Waals surface area contributed by atoms with Gasteiger partial charge in [-0.05, 0) is 98.4 Å². The van der Waals surface area contributed by atoms with E-state index in [-0.39, 0.29) is 23.5 Å². The molecule has 0 amide bonds. The first-order valence-electron chi connectivity index (χ1n) is 12.2. The topological polar surface area (TPSA) is 46.5 Å². The molecule has 1 N–H and O–H groups in total. The van der Waals surface area contributed by atoms with Crippen molar-refractivity contribution < 1.29 is 19.0 Å². The Morgan fingerprint density at radius 3 is 2.73 bits per heavy atom. The summed E-state index contributed by atoms with van der Waals surface area (Å²) < 4.78 is 20.0. The summed E-state index contributed by atoms with van der Waals surface area (Å²) in [5, 5.41) is 10.5. The average Bonchev–Trinajstić information content (AvgIpc) is 3.06. The Hall–Kier alpha value is -1.16. The summed E-state index contributed by atoms with van der Waals surface area (Å²) in [6.07, 6.45) is 11.0. The highest BCUT2D eigenvalue weighted by Gasteiger charge is 2.59. The number of carbonyl (C=O) groups excluding carboxylic acids is 1. The lowest BCUT2D eigenvalue weighted by atomic mass is 9.45. The van der Waals surface area contributed by atoms with Crippen LogP contribution in [-0.4, -0.2) is 23.8 Å². The maximum absolute atomic E-state index is 15.0. The molecule has 168 valence electrons. The van der Waals surface area contributed by atoms with E-state index in [0.29, 0.717) is 35.7 Å².